The van der Waals surface area contributed by atoms with Crippen LogP contribution in [-0.2, 0) is 8.85 Å². The highest BCUT2D eigenvalue weighted by Gasteiger charge is 2.26. The van der Waals surface area contributed by atoms with Gasteiger partial charge in [0.15, 0.2) is 0 Å². The van der Waals surface area contributed by atoms with Crippen LogP contribution in [0.3, 0.4) is 0 Å². The molecule has 1 N–H and O–H groups in total. The quantitative estimate of drug-likeness (QED) is 0.579. The van der Waals surface area contributed by atoms with Crippen LogP contribution in [0.1, 0.15) is 26.7 Å². The number of rotatable bonds is 6. The third-order valence-corrected chi connectivity index (χ3v) is 5.66. The van der Waals surface area contributed by atoms with Crippen molar-refractivity contribution in [1.29, 1.82) is 0 Å². The fraction of sp³-hybridized carbons (Fsp3) is 1.00. The predicted molar refractivity (Wildman–Crippen MR) is 70.7 cm³/mol. The summed E-state index contributed by atoms with van der Waals surface area (Å²) in [7, 11) is 5.47. The maximum atomic E-state index is 8.86. The molecule has 100 valence electrons. The molecule has 4 nitrogen and oxygen atoms in total. The highest BCUT2D eigenvalue weighted by atomic mass is 28.4. The minimum atomic E-state index is -1.70. The molecule has 0 aliphatic rings. The van der Waals surface area contributed by atoms with Gasteiger partial charge >= 0.3 is 8.56 Å². The van der Waals surface area contributed by atoms with Gasteiger partial charge in [0.25, 0.3) is 0 Å². The molecule has 0 radical (unpaired) electrons. The molecule has 0 heterocycles. The second-order valence-corrected chi connectivity index (χ2v) is 7.73. The summed E-state index contributed by atoms with van der Waals surface area (Å²) in [5.41, 5.74) is 0. The summed E-state index contributed by atoms with van der Waals surface area (Å²) in [5.74, 6) is 0. The molecule has 0 aliphatic heterocycles. The van der Waals surface area contributed by atoms with Crippen molar-refractivity contribution in [3.05, 3.63) is 0 Å². The zero-order valence-corrected chi connectivity index (χ0v) is 12.9. The first-order valence-corrected chi connectivity index (χ1v) is 8.34. The van der Waals surface area contributed by atoms with Crippen LogP contribution >= 0.6 is 0 Å². The summed E-state index contributed by atoms with van der Waals surface area (Å²) in [4.78, 5) is 1.78. The second kappa shape index (κ2) is 10.2. The Hall–Kier alpha value is 0.0569. The molecule has 1 atom stereocenters. The van der Waals surface area contributed by atoms with Gasteiger partial charge in [0.1, 0.15) is 6.23 Å². The zero-order valence-electron chi connectivity index (χ0n) is 11.9. The molecular formula is C11H29NO3Si. The van der Waals surface area contributed by atoms with Gasteiger partial charge in [0, 0.05) is 14.2 Å². The first-order chi connectivity index (χ1) is 7.36. The topological polar surface area (TPSA) is 41.9 Å². The maximum Gasteiger partial charge on any atom is 0.334 e. The molecule has 16 heavy (non-hydrogen) atoms. The summed E-state index contributed by atoms with van der Waals surface area (Å²) < 4.78 is 10.5. The lowest BCUT2D eigenvalue weighted by Gasteiger charge is -2.21. The van der Waals surface area contributed by atoms with Gasteiger partial charge in [-0.1, -0.05) is 20.3 Å². The molecule has 0 bridgehead atoms. The Bertz CT molecular complexity index is 152. The van der Waals surface area contributed by atoms with E-state index in [1.54, 1.807) is 19.1 Å². The average molecular weight is 251 g/mol. The standard InChI is InChI=1S/C6H16O2Si.C5H13NO/c1-5-6-9(4,7-2)8-3;1-4-5(7)6(2)3/h5-6H2,1-4H3;5,7H,4H2,1-3H3. The van der Waals surface area contributed by atoms with Crippen molar-refractivity contribution in [1.82, 2.24) is 4.90 Å². The molecule has 0 fully saturated rings. The lowest BCUT2D eigenvalue weighted by atomic mass is 10.4. The van der Waals surface area contributed by atoms with E-state index in [0.29, 0.717) is 0 Å². The average Bonchev–Trinajstić information content (AvgIpc) is 2.28. The first-order valence-electron chi connectivity index (χ1n) is 5.81. The SMILES string of the molecule is CCC(O)N(C)C.CCC[Si](C)(OC)OC. The number of hydrogen-bond donors (Lipinski definition) is 1. The van der Waals surface area contributed by atoms with Crippen molar-refractivity contribution >= 4 is 8.56 Å². The van der Waals surface area contributed by atoms with Crippen LogP contribution in [0.25, 0.3) is 0 Å². The van der Waals surface area contributed by atoms with Crippen molar-refractivity contribution in [2.75, 3.05) is 28.3 Å². The molecule has 0 saturated heterocycles. The van der Waals surface area contributed by atoms with E-state index in [-0.39, 0.29) is 6.23 Å². The maximum absolute atomic E-state index is 8.86. The van der Waals surface area contributed by atoms with Crippen LogP contribution in [0.5, 0.6) is 0 Å². The number of aliphatic hydroxyl groups excluding tert-OH is 1. The monoisotopic (exact) mass is 251 g/mol. The van der Waals surface area contributed by atoms with Crippen LogP contribution in [0.15, 0.2) is 0 Å². The van der Waals surface area contributed by atoms with Crippen LogP contribution in [0.4, 0.5) is 0 Å². The molecule has 0 spiro atoms. The predicted octanol–water partition coefficient (Wildman–Crippen LogP) is 2.04. The van der Waals surface area contributed by atoms with Gasteiger partial charge in [-0.25, -0.2) is 0 Å². The van der Waals surface area contributed by atoms with E-state index in [0.717, 1.165) is 18.9 Å². The fourth-order valence-corrected chi connectivity index (χ4v) is 2.59. The highest BCUT2D eigenvalue weighted by molar-refractivity contribution is 6.65. The molecule has 0 rings (SSSR count). The van der Waals surface area contributed by atoms with Crippen LogP contribution in [-0.4, -0.2) is 53.1 Å². The van der Waals surface area contributed by atoms with Crippen LogP contribution in [0.2, 0.25) is 12.6 Å². The molecule has 0 aromatic rings. The Kier molecular flexibility index (Phi) is 11.8. The summed E-state index contributed by atoms with van der Waals surface area (Å²) in [5, 5.41) is 8.86. The molecule has 0 aromatic heterocycles. The molecule has 0 aliphatic carbocycles. The van der Waals surface area contributed by atoms with Gasteiger partial charge in [-0.3, -0.25) is 4.90 Å². The van der Waals surface area contributed by atoms with Gasteiger partial charge in [0.2, 0.25) is 0 Å². The van der Waals surface area contributed by atoms with Crippen molar-refractivity contribution in [3.8, 4) is 0 Å². The summed E-state index contributed by atoms with van der Waals surface area (Å²) in [6, 6.07) is 1.08. The summed E-state index contributed by atoms with van der Waals surface area (Å²) in [6.45, 7) is 6.17. The lowest BCUT2D eigenvalue weighted by molar-refractivity contribution is 0.0377. The third-order valence-electron chi connectivity index (χ3n) is 2.53. The van der Waals surface area contributed by atoms with E-state index >= 15 is 0 Å². The van der Waals surface area contributed by atoms with Crippen molar-refractivity contribution in [2.24, 2.45) is 0 Å². The summed E-state index contributed by atoms with van der Waals surface area (Å²) >= 11 is 0. The van der Waals surface area contributed by atoms with E-state index in [2.05, 4.69) is 13.5 Å². The van der Waals surface area contributed by atoms with Gasteiger partial charge in [-0.15, -0.1) is 0 Å². The fourth-order valence-electron chi connectivity index (χ4n) is 1.11. The Balaban J connectivity index is 0. The van der Waals surface area contributed by atoms with Gasteiger partial charge in [-0.2, -0.15) is 0 Å². The van der Waals surface area contributed by atoms with E-state index in [9.17, 15) is 0 Å². The van der Waals surface area contributed by atoms with E-state index in [4.69, 9.17) is 14.0 Å². The molecule has 5 heteroatoms. The van der Waals surface area contributed by atoms with Crippen LogP contribution in [0, 0.1) is 0 Å². The Morgan fingerprint density at radius 1 is 1.19 bits per heavy atom. The lowest BCUT2D eigenvalue weighted by Crippen LogP contribution is -2.35. The normalized spacial score (nSPS) is 13.3. The molecule has 0 amide bonds. The van der Waals surface area contributed by atoms with E-state index in [1.165, 1.54) is 0 Å². The smallest absolute Gasteiger partial charge is 0.334 e. The number of hydrogen-bond acceptors (Lipinski definition) is 4. The second-order valence-electron chi connectivity index (χ2n) is 4.14. The molecule has 0 aromatic carbocycles. The minimum Gasteiger partial charge on any atom is -0.398 e. The van der Waals surface area contributed by atoms with E-state index in [1.807, 2.05) is 21.0 Å². The van der Waals surface area contributed by atoms with Crippen molar-refractivity contribution in [2.45, 2.75) is 45.5 Å². The van der Waals surface area contributed by atoms with Gasteiger partial charge in [0.05, 0.1) is 0 Å². The molecule has 1 unspecified atom stereocenters. The Labute approximate surface area is 102 Å². The van der Waals surface area contributed by atoms with Crippen molar-refractivity contribution < 1.29 is 14.0 Å². The van der Waals surface area contributed by atoms with Crippen LogP contribution < -0.4 is 0 Å². The summed E-state index contributed by atoms with van der Waals surface area (Å²) in [6.07, 6.45) is 1.68. The van der Waals surface area contributed by atoms with Gasteiger partial charge in [-0.05, 0) is 33.1 Å². The number of aliphatic hydroxyl groups is 1. The van der Waals surface area contributed by atoms with Crippen molar-refractivity contribution in [3.63, 3.8) is 0 Å². The largest absolute Gasteiger partial charge is 0.398 e. The Morgan fingerprint density at radius 2 is 1.62 bits per heavy atom. The Morgan fingerprint density at radius 3 is 1.69 bits per heavy atom. The first kappa shape index (κ1) is 18.4. The molecular weight excluding hydrogens is 222 g/mol. The highest BCUT2D eigenvalue weighted by Crippen LogP contribution is 2.12. The van der Waals surface area contributed by atoms with Gasteiger partial charge < -0.3 is 14.0 Å². The third kappa shape index (κ3) is 9.29. The molecule has 0 saturated carbocycles. The van der Waals surface area contributed by atoms with E-state index < -0.39 is 8.56 Å². The zero-order chi connectivity index (χ0) is 13.2. The number of nitrogens with zero attached hydrogens (tertiary/aromatic N) is 1. The minimum absolute atomic E-state index is 0.264.